The Morgan fingerprint density at radius 1 is 1.33 bits per heavy atom. The lowest BCUT2D eigenvalue weighted by atomic mass is 9.96. The summed E-state index contributed by atoms with van der Waals surface area (Å²) in [5.41, 5.74) is 5.70. The standard InChI is InChI=1S/C15H29NO2/c1-3-4-5-6-8-12(2)18-15(17)14-10-7-9-13(14)11-16/h12-14H,3-11,16H2,1-2H3. The Morgan fingerprint density at radius 3 is 2.78 bits per heavy atom. The molecular formula is C15H29NO2. The number of esters is 1. The molecule has 3 unspecified atom stereocenters. The maximum absolute atomic E-state index is 12.0. The molecule has 0 aromatic carbocycles. The predicted molar refractivity (Wildman–Crippen MR) is 74.2 cm³/mol. The average molecular weight is 255 g/mol. The van der Waals surface area contributed by atoms with E-state index in [0.717, 1.165) is 32.1 Å². The van der Waals surface area contributed by atoms with E-state index in [4.69, 9.17) is 10.5 Å². The second-order valence-electron chi connectivity index (χ2n) is 5.63. The molecule has 0 amide bonds. The van der Waals surface area contributed by atoms with Gasteiger partial charge in [-0.15, -0.1) is 0 Å². The van der Waals surface area contributed by atoms with E-state index in [0.29, 0.717) is 12.5 Å². The Balaban J connectivity index is 2.22. The molecule has 0 spiro atoms. The molecule has 0 saturated heterocycles. The van der Waals surface area contributed by atoms with E-state index in [2.05, 4.69) is 6.92 Å². The maximum Gasteiger partial charge on any atom is 0.309 e. The van der Waals surface area contributed by atoms with E-state index in [-0.39, 0.29) is 18.0 Å². The quantitative estimate of drug-likeness (QED) is 0.535. The lowest BCUT2D eigenvalue weighted by molar-refractivity contribution is -0.154. The second kappa shape index (κ2) is 8.52. The highest BCUT2D eigenvalue weighted by atomic mass is 16.5. The summed E-state index contributed by atoms with van der Waals surface area (Å²) < 4.78 is 5.55. The molecular weight excluding hydrogens is 226 g/mol. The molecule has 2 N–H and O–H groups in total. The molecule has 3 nitrogen and oxygen atoms in total. The van der Waals surface area contributed by atoms with Crippen LogP contribution in [-0.2, 0) is 9.53 Å². The van der Waals surface area contributed by atoms with E-state index >= 15 is 0 Å². The molecule has 1 saturated carbocycles. The van der Waals surface area contributed by atoms with Gasteiger partial charge in [-0.2, -0.15) is 0 Å². The summed E-state index contributed by atoms with van der Waals surface area (Å²) in [5, 5.41) is 0. The fourth-order valence-corrected chi connectivity index (χ4v) is 2.83. The van der Waals surface area contributed by atoms with Crippen LogP contribution in [0, 0.1) is 11.8 Å². The van der Waals surface area contributed by atoms with Gasteiger partial charge < -0.3 is 10.5 Å². The molecule has 3 heteroatoms. The molecule has 0 aliphatic heterocycles. The van der Waals surface area contributed by atoms with Gasteiger partial charge in [0, 0.05) is 0 Å². The highest BCUT2D eigenvalue weighted by molar-refractivity contribution is 5.73. The molecule has 0 heterocycles. The molecule has 1 aliphatic carbocycles. The minimum atomic E-state index is -0.00839. The number of hydrogen-bond acceptors (Lipinski definition) is 3. The van der Waals surface area contributed by atoms with Gasteiger partial charge in [-0.25, -0.2) is 0 Å². The first-order valence-electron chi connectivity index (χ1n) is 7.59. The van der Waals surface area contributed by atoms with Crippen molar-refractivity contribution in [3.8, 4) is 0 Å². The Labute approximate surface area is 111 Å². The summed E-state index contributed by atoms with van der Waals surface area (Å²) in [7, 11) is 0. The number of unbranched alkanes of at least 4 members (excludes halogenated alkanes) is 3. The van der Waals surface area contributed by atoms with Crippen LogP contribution in [0.4, 0.5) is 0 Å². The average Bonchev–Trinajstić information content (AvgIpc) is 2.83. The zero-order chi connectivity index (χ0) is 13.4. The van der Waals surface area contributed by atoms with E-state index in [1.54, 1.807) is 0 Å². The molecule has 1 fully saturated rings. The first-order valence-corrected chi connectivity index (χ1v) is 7.59. The molecule has 3 atom stereocenters. The monoisotopic (exact) mass is 255 g/mol. The van der Waals surface area contributed by atoms with Crippen LogP contribution in [0.3, 0.4) is 0 Å². The van der Waals surface area contributed by atoms with Crippen LogP contribution in [0.2, 0.25) is 0 Å². The van der Waals surface area contributed by atoms with Gasteiger partial charge >= 0.3 is 5.97 Å². The van der Waals surface area contributed by atoms with E-state index < -0.39 is 0 Å². The van der Waals surface area contributed by atoms with E-state index in [1.165, 1.54) is 19.3 Å². The highest BCUT2D eigenvalue weighted by Crippen LogP contribution is 2.32. The van der Waals surface area contributed by atoms with Crippen molar-refractivity contribution in [2.24, 2.45) is 17.6 Å². The Kier molecular flexibility index (Phi) is 7.33. The maximum atomic E-state index is 12.0. The van der Waals surface area contributed by atoms with Gasteiger partial charge in [-0.3, -0.25) is 4.79 Å². The zero-order valence-corrected chi connectivity index (χ0v) is 12.0. The summed E-state index contributed by atoms with van der Waals surface area (Å²) in [6.45, 7) is 4.83. The van der Waals surface area contributed by atoms with Gasteiger partial charge in [0.15, 0.2) is 0 Å². The molecule has 18 heavy (non-hydrogen) atoms. The molecule has 0 aromatic heterocycles. The van der Waals surface area contributed by atoms with Crippen molar-refractivity contribution in [1.29, 1.82) is 0 Å². The Hall–Kier alpha value is -0.570. The first kappa shape index (κ1) is 15.5. The van der Waals surface area contributed by atoms with Crippen molar-refractivity contribution < 1.29 is 9.53 Å². The summed E-state index contributed by atoms with van der Waals surface area (Å²) in [5.74, 6) is 0.406. The number of ether oxygens (including phenoxy) is 1. The Morgan fingerprint density at radius 2 is 2.11 bits per heavy atom. The lowest BCUT2D eigenvalue weighted by Crippen LogP contribution is -2.29. The van der Waals surface area contributed by atoms with Crippen LogP contribution in [0.25, 0.3) is 0 Å². The molecule has 0 radical (unpaired) electrons. The number of nitrogens with two attached hydrogens (primary N) is 1. The van der Waals surface area contributed by atoms with E-state index in [9.17, 15) is 4.79 Å². The molecule has 106 valence electrons. The van der Waals surface area contributed by atoms with Gasteiger partial charge in [0.2, 0.25) is 0 Å². The SMILES string of the molecule is CCCCCCC(C)OC(=O)C1CCCC1CN. The Bertz CT molecular complexity index is 243. The third-order valence-corrected chi connectivity index (χ3v) is 4.05. The summed E-state index contributed by atoms with van der Waals surface area (Å²) in [4.78, 5) is 12.0. The number of carbonyl (C=O) groups excluding carboxylic acids is 1. The van der Waals surface area contributed by atoms with Crippen molar-refractivity contribution in [2.45, 2.75) is 71.3 Å². The van der Waals surface area contributed by atoms with Crippen LogP contribution in [0.15, 0.2) is 0 Å². The fourth-order valence-electron chi connectivity index (χ4n) is 2.83. The second-order valence-corrected chi connectivity index (χ2v) is 5.63. The van der Waals surface area contributed by atoms with Crippen molar-refractivity contribution in [3.63, 3.8) is 0 Å². The lowest BCUT2D eigenvalue weighted by Gasteiger charge is -2.20. The smallest absolute Gasteiger partial charge is 0.309 e. The molecule has 0 aromatic rings. The number of rotatable bonds is 8. The van der Waals surface area contributed by atoms with Gasteiger partial charge in [-0.05, 0) is 45.1 Å². The van der Waals surface area contributed by atoms with Crippen molar-refractivity contribution >= 4 is 5.97 Å². The van der Waals surface area contributed by atoms with Crippen LogP contribution in [0.1, 0.15) is 65.2 Å². The topological polar surface area (TPSA) is 52.3 Å². The minimum absolute atomic E-state index is 0.00839. The fraction of sp³-hybridized carbons (Fsp3) is 0.933. The molecule has 0 bridgehead atoms. The molecule has 1 aliphatic rings. The summed E-state index contributed by atoms with van der Waals surface area (Å²) in [6, 6.07) is 0. The van der Waals surface area contributed by atoms with Crippen molar-refractivity contribution in [3.05, 3.63) is 0 Å². The van der Waals surface area contributed by atoms with Gasteiger partial charge in [-0.1, -0.05) is 32.6 Å². The third-order valence-electron chi connectivity index (χ3n) is 4.05. The summed E-state index contributed by atoms with van der Waals surface area (Å²) >= 11 is 0. The van der Waals surface area contributed by atoms with Gasteiger partial charge in [0.05, 0.1) is 12.0 Å². The normalized spacial score (nSPS) is 25.1. The van der Waals surface area contributed by atoms with Gasteiger partial charge in [0.1, 0.15) is 0 Å². The largest absolute Gasteiger partial charge is 0.462 e. The number of carbonyl (C=O) groups is 1. The number of hydrogen-bond donors (Lipinski definition) is 1. The minimum Gasteiger partial charge on any atom is -0.462 e. The van der Waals surface area contributed by atoms with Crippen LogP contribution in [-0.4, -0.2) is 18.6 Å². The van der Waals surface area contributed by atoms with Crippen molar-refractivity contribution in [1.82, 2.24) is 0 Å². The summed E-state index contributed by atoms with van der Waals surface area (Å²) in [6.07, 6.45) is 9.14. The first-order chi connectivity index (χ1) is 8.69. The molecule has 1 rings (SSSR count). The van der Waals surface area contributed by atoms with E-state index in [1.807, 2.05) is 6.92 Å². The third kappa shape index (κ3) is 4.97. The highest BCUT2D eigenvalue weighted by Gasteiger charge is 2.33. The van der Waals surface area contributed by atoms with Gasteiger partial charge in [0.25, 0.3) is 0 Å². The zero-order valence-electron chi connectivity index (χ0n) is 12.0. The van der Waals surface area contributed by atoms with Crippen LogP contribution >= 0.6 is 0 Å². The predicted octanol–water partition coefficient (Wildman–Crippen LogP) is 3.26. The van der Waals surface area contributed by atoms with Crippen LogP contribution in [0.5, 0.6) is 0 Å². The van der Waals surface area contributed by atoms with Crippen molar-refractivity contribution in [2.75, 3.05) is 6.54 Å². The van der Waals surface area contributed by atoms with Crippen LogP contribution < -0.4 is 5.73 Å².